The van der Waals surface area contributed by atoms with Crippen molar-refractivity contribution in [2.24, 2.45) is 5.92 Å². The summed E-state index contributed by atoms with van der Waals surface area (Å²) in [7, 11) is 0. The number of carbonyl (C=O) groups excluding carboxylic acids is 2. The Hall–Kier alpha value is -3.48. The van der Waals surface area contributed by atoms with E-state index in [-0.39, 0.29) is 17.9 Å². The Balaban J connectivity index is 1.43. The molecule has 7 heteroatoms. The molecule has 3 fully saturated rings. The molecule has 7 nitrogen and oxygen atoms in total. The Morgan fingerprint density at radius 1 is 1.12 bits per heavy atom. The van der Waals surface area contributed by atoms with Gasteiger partial charge < -0.3 is 19.8 Å². The average molecular weight is 458 g/mol. The van der Waals surface area contributed by atoms with E-state index in [2.05, 4.69) is 11.4 Å². The van der Waals surface area contributed by atoms with Gasteiger partial charge in [-0.25, -0.2) is 4.79 Å². The Bertz CT molecular complexity index is 1330. The lowest BCUT2D eigenvalue weighted by Gasteiger charge is -2.59. The SMILES string of the molecule is C[C@]12OC(=O)N[C@@]3(Cc4c1n(OCc1ccccc1)c1ccccc41)C(=O)N1CCCC1CC32. The molecule has 34 heavy (non-hydrogen) atoms. The van der Waals surface area contributed by atoms with Crippen LogP contribution in [0.5, 0.6) is 0 Å². The summed E-state index contributed by atoms with van der Waals surface area (Å²) >= 11 is 0. The highest BCUT2D eigenvalue weighted by Crippen LogP contribution is 2.57. The molecule has 1 aliphatic carbocycles. The summed E-state index contributed by atoms with van der Waals surface area (Å²) in [6.45, 7) is 3.13. The molecule has 3 aliphatic heterocycles. The number of carbonyl (C=O) groups is 2. The standard InChI is InChI=1S/C27H27N3O4/c1-26-22-14-18-10-7-13-29(18)24(31)27(22,28-25(32)34-26)15-20-19-11-5-6-12-21(19)30(23(20)26)33-16-17-8-3-2-4-9-17/h2-6,8-9,11-12,18,22H,7,10,13-16H2,1H3,(H,28,32)/t18?,22?,26-,27-/m1/s1. The van der Waals surface area contributed by atoms with Gasteiger partial charge in [0.2, 0.25) is 5.91 Å². The van der Waals surface area contributed by atoms with Crippen molar-refractivity contribution < 1.29 is 19.2 Å². The number of ether oxygens (including phenoxy) is 1. The minimum atomic E-state index is -0.980. The van der Waals surface area contributed by atoms with Gasteiger partial charge in [0, 0.05) is 30.3 Å². The number of para-hydroxylation sites is 1. The third kappa shape index (κ3) is 2.47. The molecule has 0 saturated carbocycles. The fourth-order valence-corrected chi connectivity index (χ4v) is 7.07. The third-order valence-corrected chi connectivity index (χ3v) is 8.48. The van der Waals surface area contributed by atoms with Gasteiger partial charge in [0.1, 0.15) is 17.8 Å². The molecule has 0 radical (unpaired) electrons. The predicted molar refractivity (Wildman–Crippen MR) is 125 cm³/mol. The summed E-state index contributed by atoms with van der Waals surface area (Å²) < 4.78 is 8.00. The third-order valence-electron chi connectivity index (χ3n) is 8.48. The zero-order valence-corrected chi connectivity index (χ0v) is 19.1. The monoisotopic (exact) mass is 457 g/mol. The normalized spacial score (nSPS) is 31.4. The summed E-state index contributed by atoms with van der Waals surface area (Å²) in [5.41, 5.74) is 1.91. The van der Waals surface area contributed by atoms with Crippen LogP contribution in [0.25, 0.3) is 10.9 Å². The highest BCUT2D eigenvalue weighted by molar-refractivity contribution is 5.96. The van der Waals surface area contributed by atoms with E-state index in [0.29, 0.717) is 13.0 Å². The van der Waals surface area contributed by atoms with Crippen LogP contribution in [-0.4, -0.2) is 39.8 Å². The molecule has 2 aromatic carbocycles. The first kappa shape index (κ1) is 19.9. The van der Waals surface area contributed by atoms with Crippen LogP contribution >= 0.6 is 0 Å². The lowest BCUT2D eigenvalue weighted by Crippen LogP contribution is -2.77. The van der Waals surface area contributed by atoms with Crippen LogP contribution in [0.1, 0.15) is 43.0 Å². The Morgan fingerprint density at radius 2 is 1.91 bits per heavy atom. The molecule has 3 aromatic rings. The molecule has 4 heterocycles. The summed E-state index contributed by atoms with van der Waals surface area (Å²) in [5.74, 6) is -0.123. The summed E-state index contributed by atoms with van der Waals surface area (Å²) in [6, 6.07) is 18.3. The summed E-state index contributed by atoms with van der Waals surface area (Å²) in [5, 5.41) is 4.05. The number of hydrogen-bond acceptors (Lipinski definition) is 4. The van der Waals surface area contributed by atoms with Crippen LogP contribution in [-0.2, 0) is 28.2 Å². The second kappa shape index (κ2) is 6.78. The first-order valence-corrected chi connectivity index (χ1v) is 12.1. The first-order valence-electron chi connectivity index (χ1n) is 12.1. The van der Waals surface area contributed by atoms with Gasteiger partial charge in [-0.05, 0) is 43.4 Å². The van der Waals surface area contributed by atoms with E-state index < -0.39 is 17.2 Å². The molecule has 1 N–H and O–H groups in total. The number of alkyl carbamates (subject to hydrolysis) is 1. The molecule has 2 bridgehead atoms. The molecule has 4 atom stereocenters. The zero-order valence-electron chi connectivity index (χ0n) is 19.1. The molecule has 1 aromatic heterocycles. The number of fused-ring (bicyclic) bond motifs is 5. The Kier molecular flexibility index (Phi) is 3.98. The largest absolute Gasteiger partial charge is 0.436 e. The maximum Gasteiger partial charge on any atom is 0.408 e. The summed E-state index contributed by atoms with van der Waals surface area (Å²) in [6.07, 6.45) is 2.73. The van der Waals surface area contributed by atoms with Gasteiger partial charge in [-0.2, -0.15) is 4.73 Å². The van der Waals surface area contributed by atoms with Crippen molar-refractivity contribution in [2.75, 3.05) is 6.54 Å². The second-order valence-electron chi connectivity index (χ2n) is 10.3. The quantitative estimate of drug-likeness (QED) is 0.653. The second-order valence-corrected chi connectivity index (χ2v) is 10.3. The number of hydrogen-bond donors (Lipinski definition) is 1. The first-order chi connectivity index (χ1) is 16.5. The van der Waals surface area contributed by atoms with Gasteiger partial charge in [-0.1, -0.05) is 48.5 Å². The van der Waals surface area contributed by atoms with E-state index >= 15 is 0 Å². The highest BCUT2D eigenvalue weighted by atomic mass is 16.7. The van der Waals surface area contributed by atoms with Crippen molar-refractivity contribution in [3.05, 3.63) is 71.4 Å². The fraction of sp³-hybridized carbons (Fsp3) is 0.407. The van der Waals surface area contributed by atoms with Crippen molar-refractivity contribution in [2.45, 2.75) is 56.4 Å². The molecule has 174 valence electrons. The van der Waals surface area contributed by atoms with E-state index in [4.69, 9.17) is 9.57 Å². The Labute approximate surface area is 197 Å². The van der Waals surface area contributed by atoms with Gasteiger partial charge in [-0.15, -0.1) is 0 Å². The molecule has 2 amide bonds. The minimum absolute atomic E-state index is 0.0433. The van der Waals surface area contributed by atoms with Gasteiger partial charge >= 0.3 is 6.09 Å². The molecule has 4 aliphatic rings. The van der Waals surface area contributed by atoms with Crippen molar-refractivity contribution >= 4 is 22.9 Å². The van der Waals surface area contributed by atoms with Crippen LogP contribution in [0.3, 0.4) is 0 Å². The van der Waals surface area contributed by atoms with E-state index in [1.165, 1.54) is 0 Å². The number of nitrogens with one attached hydrogen (secondary N) is 1. The Morgan fingerprint density at radius 3 is 2.76 bits per heavy atom. The molecular formula is C27H27N3O4. The highest BCUT2D eigenvalue weighted by Gasteiger charge is 2.69. The molecule has 2 unspecified atom stereocenters. The lowest BCUT2D eigenvalue weighted by atomic mass is 9.59. The number of benzene rings is 2. The molecular weight excluding hydrogens is 430 g/mol. The van der Waals surface area contributed by atoms with E-state index in [0.717, 1.165) is 53.5 Å². The lowest BCUT2D eigenvalue weighted by molar-refractivity contribution is -0.174. The minimum Gasteiger partial charge on any atom is -0.436 e. The van der Waals surface area contributed by atoms with Crippen LogP contribution in [0.2, 0.25) is 0 Å². The molecule has 0 spiro atoms. The van der Waals surface area contributed by atoms with Gasteiger partial charge in [0.15, 0.2) is 5.60 Å². The van der Waals surface area contributed by atoms with Crippen molar-refractivity contribution in [3.63, 3.8) is 0 Å². The average Bonchev–Trinajstić information content (AvgIpc) is 3.42. The summed E-state index contributed by atoms with van der Waals surface area (Å²) in [4.78, 5) is 35.3. The van der Waals surface area contributed by atoms with Crippen molar-refractivity contribution in [3.8, 4) is 0 Å². The van der Waals surface area contributed by atoms with Crippen molar-refractivity contribution in [1.29, 1.82) is 0 Å². The van der Waals surface area contributed by atoms with Crippen LogP contribution in [0.4, 0.5) is 4.79 Å². The van der Waals surface area contributed by atoms with Gasteiger partial charge in [0.25, 0.3) is 0 Å². The number of rotatable bonds is 3. The van der Waals surface area contributed by atoms with Gasteiger partial charge in [0.05, 0.1) is 5.52 Å². The predicted octanol–water partition coefficient (Wildman–Crippen LogP) is 3.53. The van der Waals surface area contributed by atoms with Crippen molar-refractivity contribution in [1.82, 2.24) is 14.9 Å². The van der Waals surface area contributed by atoms with Crippen LogP contribution in [0.15, 0.2) is 54.6 Å². The van der Waals surface area contributed by atoms with Crippen LogP contribution in [0, 0.1) is 5.92 Å². The number of aromatic nitrogens is 1. The smallest absolute Gasteiger partial charge is 0.408 e. The van der Waals surface area contributed by atoms with Crippen LogP contribution < -0.4 is 10.2 Å². The zero-order chi connectivity index (χ0) is 23.1. The molecule has 3 saturated heterocycles. The topological polar surface area (TPSA) is 72.8 Å². The molecule has 7 rings (SSSR count). The number of nitrogens with zero attached hydrogens (tertiary/aromatic N) is 2. The number of amides is 2. The number of piperidine rings is 1. The van der Waals surface area contributed by atoms with E-state index in [1.54, 1.807) is 0 Å². The van der Waals surface area contributed by atoms with E-state index in [1.807, 2.05) is 65.1 Å². The fourth-order valence-electron chi connectivity index (χ4n) is 7.07. The maximum atomic E-state index is 13.9. The maximum absolute atomic E-state index is 13.9. The van der Waals surface area contributed by atoms with Gasteiger partial charge in [-0.3, -0.25) is 4.79 Å². The van der Waals surface area contributed by atoms with E-state index in [9.17, 15) is 9.59 Å².